The fraction of sp³-hybridized carbons (Fsp3) is 0.625. The summed E-state index contributed by atoms with van der Waals surface area (Å²) in [5, 5.41) is 5.90. The van der Waals surface area contributed by atoms with Gasteiger partial charge in [-0.25, -0.2) is 0 Å². The van der Waals surface area contributed by atoms with Crippen molar-refractivity contribution in [1.29, 1.82) is 0 Å². The number of alkyl halides is 3. The third kappa shape index (κ3) is 2.87. The highest BCUT2D eigenvalue weighted by Crippen LogP contribution is 2.34. The van der Waals surface area contributed by atoms with Crippen molar-refractivity contribution in [3.8, 4) is 0 Å². The summed E-state index contributed by atoms with van der Waals surface area (Å²) in [6.07, 6.45) is -4.93. The Kier molecular flexibility index (Phi) is 3.69. The van der Waals surface area contributed by atoms with Crippen molar-refractivity contribution in [2.45, 2.75) is 12.3 Å². The van der Waals surface area contributed by atoms with Gasteiger partial charge in [0, 0.05) is 6.54 Å². The number of nitrogens with two attached hydrogens (primary N) is 1. The number of nitrogens with zero attached hydrogens (tertiary/aromatic N) is 3. The first-order valence-corrected chi connectivity index (χ1v) is 6.17. The first-order valence-electron chi connectivity index (χ1n) is 4.94. The van der Waals surface area contributed by atoms with Crippen LogP contribution in [0.1, 0.15) is 5.01 Å². The minimum atomic E-state index is -4.47. The van der Waals surface area contributed by atoms with Crippen LogP contribution in [0.25, 0.3) is 0 Å². The monoisotopic (exact) mass is 298 g/mol. The van der Waals surface area contributed by atoms with E-state index in [2.05, 4.69) is 10.2 Å². The second-order valence-electron chi connectivity index (χ2n) is 3.60. The second-order valence-corrected chi connectivity index (χ2v) is 5.02. The molecule has 1 aromatic rings. The zero-order chi connectivity index (χ0) is 13.3. The summed E-state index contributed by atoms with van der Waals surface area (Å²) >= 11 is 5.30. The van der Waals surface area contributed by atoms with Gasteiger partial charge in [0.1, 0.15) is 11.1 Å². The molecule has 0 radical (unpaired) electrons. The first kappa shape index (κ1) is 13.4. The lowest BCUT2D eigenvalue weighted by atomic mass is 10.3. The highest BCUT2D eigenvalue weighted by atomic mass is 32.1. The summed E-state index contributed by atoms with van der Waals surface area (Å²) < 4.78 is 42.5. The Balaban J connectivity index is 2.12. The lowest BCUT2D eigenvalue weighted by Gasteiger charge is -2.31. The molecule has 2 rings (SSSR count). The van der Waals surface area contributed by atoms with Crippen molar-refractivity contribution in [2.24, 2.45) is 5.73 Å². The normalized spacial score (nSPS) is 21.1. The molecule has 0 saturated carbocycles. The standard InChI is InChI=1S/C8H9F3N4OS2/c9-8(10,11)6-13-14-7(18-6)15-1-2-16-4(3-15)5(12)17/h4H,1-3H2,(H2,12,17). The molecule has 1 saturated heterocycles. The van der Waals surface area contributed by atoms with E-state index in [-0.39, 0.29) is 10.1 Å². The van der Waals surface area contributed by atoms with Crippen molar-refractivity contribution < 1.29 is 17.9 Å². The summed E-state index contributed by atoms with van der Waals surface area (Å²) in [5.41, 5.74) is 5.45. The molecule has 0 aromatic carbocycles. The number of aromatic nitrogens is 2. The Morgan fingerprint density at radius 1 is 1.50 bits per heavy atom. The lowest BCUT2D eigenvalue weighted by Crippen LogP contribution is -2.47. The Hall–Kier alpha value is -1.00. The van der Waals surface area contributed by atoms with Crippen LogP contribution in [-0.4, -0.2) is 41.0 Å². The average molecular weight is 298 g/mol. The van der Waals surface area contributed by atoms with E-state index >= 15 is 0 Å². The van der Waals surface area contributed by atoms with E-state index in [9.17, 15) is 13.2 Å². The van der Waals surface area contributed by atoms with Crippen molar-refractivity contribution in [2.75, 3.05) is 24.6 Å². The summed E-state index contributed by atoms with van der Waals surface area (Å²) in [6.45, 7) is 1.07. The molecule has 1 aromatic heterocycles. The molecule has 0 aliphatic carbocycles. The number of rotatable bonds is 2. The first-order chi connectivity index (χ1) is 8.38. The van der Waals surface area contributed by atoms with Gasteiger partial charge < -0.3 is 15.4 Å². The maximum Gasteiger partial charge on any atom is 0.445 e. The molecule has 100 valence electrons. The molecule has 2 N–H and O–H groups in total. The Labute approximate surface area is 110 Å². The van der Waals surface area contributed by atoms with Gasteiger partial charge in [0.2, 0.25) is 10.1 Å². The van der Waals surface area contributed by atoms with Crippen LogP contribution in [0.4, 0.5) is 18.3 Å². The van der Waals surface area contributed by atoms with Gasteiger partial charge in [-0.15, -0.1) is 10.2 Å². The summed E-state index contributed by atoms with van der Waals surface area (Å²) in [5.74, 6) is 0. The van der Waals surface area contributed by atoms with Gasteiger partial charge in [0.05, 0.1) is 13.2 Å². The van der Waals surface area contributed by atoms with E-state index in [1.165, 1.54) is 0 Å². The van der Waals surface area contributed by atoms with Crippen molar-refractivity contribution in [3.05, 3.63) is 5.01 Å². The fourth-order valence-electron chi connectivity index (χ4n) is 1.45. The zero-order valence-corrected chi connectivity index (χ0v) is 10.6. The van der Waals surface area contributed by atoms with E-state index in [1.54, 1.807) is 4.90 Å². The Morgan fingerprint density at radius 2 is 2.22 bits per heavy atom. The highest BCUT2D eigenvalue weighted by molar-refractivity contribution is 7.80. The number of hydrogen-bond acceptors (Lipinski definition) is 6. The van der Waals surface area contributed by atoms with Gasteiger partial charge in [-0.1, -0.05) is 23.6 Å². The summed E-state index contributed by atoms with van der Waals surface area (Å²) in [7, 11) is 0. The molecule has 1 aliphatic rings. The van der Waals surface area contributed by atoms with Gasteiger partial charge in [-0.3, -0.25) is 0 Å². The SMILES string of the molecule is NC(=S)C1CN(c2nnc(C(F)(F)F)s2)CCO1. The van der Waals surface area contributed by atoms with E-state index in [0.29, 0.717) is 31.0 Å². The molecule has 0 spiro atoms. The third-order valence-corrected chi connectivity index (χ3v) is 3.60. The van der Waals surface area contributed by atoms with Crippen LogP contribution < -0.4 is 10.6 Å². The highest BCUT2D eigenvalue weighted by Gasteiger charge is 2.36. The maximum absolute atomic E-state index is 12.4. The molecule has 0 amide bonds. The van der Waals surface area contributed by atoms with Crippen LogP contribution in [0, 0.1) is 0 Å². The van der Waals surface area contributed by atoms with E-state index in [0.717, 1.165) is 0 Å². The number of hydrogen-bond donors (Lipinski definition) is 1. The van der Waals surface area contributed by atoms with E-state index in [4.69, 9.17) is 22.7 Å². The smallest absolute Gasteiger partial charge is 0.391 e. The van der Waals surface area contributed by atoms with Crippen LogP contribution in [0.15, 0.2) is 0 Å². The van der Waals surface area contributed by atoms with Gasteiger partial charge >= 0.3 is 6.18 Å². The number of morpholine rings is 1. The fourth-order valence-corrected chi connectivity index (χ4v) is 2.34. The molecule has 1 unspecified atom stereocenters. The molecule has 5 nitrogen and oxygen atoms in total. The average Bonchev–Trinajstić information content (AvgIpc) is 2.78. The summed E-state index contributed by atoms with van der Waals surface area (Å²) in [4.78, 5) is 1.82. The second kappa shape index (κ2) is 4.94. The molecule has 18 heavy (non-hydrogen) atoms. The quantitative estimate of drug-likeness (QED) is 0.823. The van der Waals surface area contributed by atoms with Gasteiger partial charge in [-0.05, 0) is 0 Å². The molecule has 0 bridgehead atoms. The van der Waals surface area contributed by atoms with Gasteiger partial charge in [0.15, 0.2) is 0 Å². The minimum Gasteiger partial charge on any atom is -0.391 e. The molecular formula is C8H9F3N4OS2. The molecule has 2 heterocycles. The lowest BCUT2D eigenvalue weighted by molar-refractivity contribution is -0.138. The van der Waals surface area contributed by atoms with Gasteiger partial charge in [-0.2, -0.15) is 13.2 Å². The van der Waals surface area contributed by atoms with Gasteiger partial charge in [0.25, 0.3) is 0 Å². The van der Waals surface area contributed by atoms with Crippen molar-refractivity contribution in [1.82, 2.24) is 10.2 Å². The van der Waals surface area contributed by atoms with Crippen LogP contribution in [0.5, 0.6) is 0 Å². The van der Waals surface area contributed by atoms with Crippen LogP contribution in [-0.2, 0) is 10.9 Å². The number of thiocarbonyl (C=S) groups is 1. The predicted octanol–water partition coefficient (Wildman–Crippen LogP) is 1.05. The predicted molar refractivity (Wildman–Crippen MR) is 63.6 cm³/mol. The topological polar surface area (TPSA) is 64.3 Å². The van der Waals surface area contributed by atoms with Crippen LogP contribution in [0.3, 0.4) is 0 Å². The largest absolute Gasteiger partial charge is 0.445 e. The molecule has 10 heteroatoms. The van der Waals surface area contributed by atoms with Crippen molar-refractivity contribution >= 4 is 33.7 Å². The molecule has 1 aliphatic heterocycles. The number of halogens is 3. The number of ether oxygens (including phenoxy) is 1. The Morgan fingerprint density at radius 3 is 2.78 bits per heavy atom. The number of anilines is 1. The van der Waals surface area contributed by atoms with E-state index < -0.39 is 17.3 Å². The minimum absolute atomic E-state index is 0.181. The van der Waals surface area contributed by atoms with Crippen LogP contribution >= 0.6 is 23.6 Å². The Bertz CT molecular complexity index is 450. The van der Waals surface area contributed by atoms with Crippen LogP contribution in [0.2, 0.25) is 0 Å². The molecule has 1 atom stereocenters. The van der Waals surface area contributed by atoms with E-state index in [1.807, 2.05) is 0 Å². The third-order valence-electron chi connectivity index (χ3n) is 2.31. The van der Waals surface area contributed by atoms with Crippen molar-refractivity contribution in [3.63, 3.8) is 0 Å². The summed E-state index contributed by atoms with van der Waals surface area (Å²) in [6, 6.07) is 0. The molecule has 1 fully saturated rings. The molecular weight excluding hydrogens is 289 g/mol. The maximum atomic E-state index is 12.4. The zero-order valence-electron chi connectivity index (χ0n) is 8.98.